The second kappa shape index (κ2) is 58.6. The molecule has 0 bridgehead atoms. The molecule has 7 aromatic carbocycles. The number of methoxy groups -OCH3 is 12. The van der Waals surface area contributed by atoms with Crippen molar-refractivity contribution in [3.8, 4) is 69.0 Å². The van der Waals surface area contributed by atoms with Gasteiger partial charge in [-0.3, -0.25) is 57.5 Å². The Morgan fingerprint density at radius 1 is 0.289 bits per heavy atom. The molecule has 0 saturated carbocycles. The molecule has 0 unspecified atom stereocenters. The van der Waals surface area contributed by atoms with Crippen LogP contribution >= 0.6 is 0 Å². The van der Waals surface area contributed by atoms with E-state index >= 15 is 0 Å². The molecule has 3 heterocycles. The van der Waals surface area contributed by atoms with E-state index in [0.717, 1.165) is 21.8 Å². The summed E-state index contributed by atoms with van der Waals surface area (Å²) < 4.78 is 153. The van der Waals surface area contributed by atoms with Gasteiger partial charge in [-0.05, 0) is 89.9 Å². The van der Waals surface area contributed by atoms with Crippen LogP contribution < -0.4 is 67.5 Å². The number of ketones is 2. The fourth-order valence-electron chi connectivity index (χ4n) is 14.8. The summed E-state index contributed by atoms with van der Waals surface area (Å²) in [5.41, 5.74) is 5.38. The van der Waals surface area contributed by atoms with Crippen molar-refractivity contribution in [2.24, 2.45) is 0 Å². The van der Waals surface area contributed by atoms with Gasteiger partial charge in [0.15, 0.2) is 29.5 Å². The van der Waals surface area contributed by atoms with E-state index in [4.69, 9.17) is 80.8 Å². The Balaban J connectivity index is 0.000000273. The molecule has 10 rings (SSSR count). The Kier molecular flexibility index (Phi) is 46.6. The zero-order chi connectivity index (χ0) is 109. The molecule has 3 aliphatic rings. The number of nitrogens with one attached hydrogen (secondary N) is 2. The predicted molar refractivity (Wildman–Crippen MR) is 533 cm³/mol. The molecular weight excluding hydrogens is 2010 g/mol. The second-order valence-corrected chi connectivity index (χ2v) is 38.7. The lowest BCUT2D eigenvalue weighted by molar-refractivity contribution is -0.197. The number of benzene rings is 7. The molecule has 0 aromatic heterocycles. The van der Waals surface area contributed by atoms with E-state index in [2.05, 4.69) is 10.6 Å². The van der Waals surface area contributed by atoms with Crippen LogP contribution in [0.4, 0.5) is 0 Å². The molecule has 3 fully saturated rings. The largest absolute Gasteiger partial charge is 0.496 e. The van der Waals surface area contributed by atoms with Gasteiger partial charge in [0.05, 0.1) is 139 Å². The minimum absolute atomic E-state index is 0.00101. The molecule has 43 nitrogen and oxygen atoms in total. The topological polar surface area (TPSA) is 549 Å². The van der Waals surface area contributed by atoms with Crippen molar-refractivity contribution in [3.63, 3.8) is 0 Å². The highest BCUT2D eigenvalue weighted by atomic mass is 32.2. The number of amides is 8. The van der Waals surface area contributed by atoms with Crippen LogP contribution in [0.1, 0.15) is 170 Å². The summed E-state index contributed by atoms with van der Waals surface area (Å²) in [4.78, 5) is 194. The number of hydrogen-bond donors (Lipinski definition) is 2. The molecular formula is C103H119N5O38S3. The number of carbonyl (C=O) groups excluding carboxylic acids is 15. The maximum atomic E-state index is 13.1. The number of rotatable bonds is 56. The van der Waals surface area contributed by atoms with Gasteiger partial charge in [-0.2, -0.15) is 0 Å². The molecule has 802 valence electrons. The van der Waals surface area contributed by atoms with Crippen molar-refractivity contribution in [1.29, 1.82) is 0 Å². The van der Waals surface area contributed by atoms with Gasteiger partial charge < -0.3 is 91.5 Å². The van der Waals surface area contributed by atoms with Crippen LogP contribution in [-0.4, -0.2) is 234 Å². The molecule has 0 aliphatic carbocycles. The Morgan fingerprint density at radius 3 is 0.879 bits per heavy atom. The van der Waals surface area contributed by atoms with Crippen LogP contribution in [0.3, 0.4) is 0 Å². The standard InChI is InChI=1S/C38H41NO13S.C33H40N2O12S.C32H38N2O13S/c1-47-30-21-33(49-3)31(34(22-30)50-4)16-17-53(45,46)24-27-12-13-32(48-2)28(18-27)20-38(44)51-23-26-10-8-25(9-11-26)19-29(40)6-5-7-37(43)52-39-35(41)14-15-36(39)42;1-43-25-19-28(45-3)26(29(20-25)46-4)14-16-48(41,42)21-22-10-11-27(44-2)23(17-22)18-24(36)7-6-15-34-30(37)8-5-9-33(40)47-35-31(38)12-13-32(35)39;1-42-23-18-26(44-3)24(27(19-23)45-4)12-15-48(40,41)20-21-8-9-25(43-2)22(16-21)17-32(39)46-14-13-33-28(35)6-5-7-31(38)47-34-29(36)10-11-30(34)37/h8-13,16-18,21-22H,5-7,14-15,19-20,23-24H2,1-4H3;10-11,14,16-17,19-20H,5-9,12-13,15,18,21H2,1-4H3,(H,34,37);8-9,12,15-16,18-19H,5-7,10-11,13-14,17,20H2,1-4H3,(H,33,35)/b17-16+;16-14+;15-12+. The smallest absolute Gasteiger partial charge is 0.333 e. The average Bonchev–Trinajstić information content (AvgIpc) is 1.53. The summed E-state index contributed by atoms with van der Waals surface area (Å²) in [5, 5.41) is 9.83. The third-order valence-electron chi connectivity index (χ3n) is 22.2. The molecule has 149 heavy (non-hydrogen) atoms. The summed E-state index contributed by atoms with van der Waals surface area (Å²) in [6.45, 7) is 0.0799. The van der Waals surface area contributed by atoms with Crippen LogP contribution in [0.5, 0.6) is 69.0 Å². The fourth-order valence-corrected chi connectivity index (χ4v) is 18.0. The molecule has 3 saturated heterocycles. The second-order valence-electron chi connectivity index (χ2n) is 33.1. The zero-order valence-electron chi connectivity index (χ0n) is 84.3. The number of carbonyl (C=O) groups is 15. The van der Waals surface area contributed by atoms with Gasteiger partial charge in [0.2, 0.25) is 11.8 Å². The molecule has 8 amide bonds. The van der Waals surface area contributed by atoms with Gasteiger partial charge in [-0.25, -0.2) is 39.6 Å². The maximum absolute atomic E-state index is 13.1. The number of imide groups is 3. The Hall–Kier alpha value is -15.7. The molecule has 2 N–H and O–H groups in total. The van der Waals surface area contributed by atoms with Gasteiger partial charge in [0.25, 0.3) is 35.4 Å². The first-order valence-electron chi connectivity index (χ1n) is 46.4. The number of hydrogen-bond acceptors (Lipinski definition) is 38. The Bertz CT molecular complexity index is 6130. The van der Waals surface area contributed by atoms with Gasteiger partial charge >= 0.3 is 29.8 Å². The van der Waals surface area contributed by atoms with Crippen molar-refractivity contribution in [2.45, 2.75) is 159 Å². The van der Waals surface area contributed by atoms with Crippen LogP contribution in [0.2, 0.25) is 0 Å². The summed E-state index contributed by atoms with van der Waals surface area (Å²) in [7, 11) is 6.17. The first kappa shape index (κ1) is 118. The Labute approximate surface area is 860 Å². The highest BCUT2D eigenvalue weighted by molar-refractivity contribution is 7.94. The van der Waals surface area contributed by atoms with E-state index in [1.165, 1.54) is 104 Å². The van der Waals surface area contributed by atoms with Crippen molar-refractivity contribution in [1.82, 2.24) is 25.8 Å². The van der Waals surface area contributed by atoms with Crippen LogP contribution in [-0.2, 0) is 175 Å². The van der Waals surface area contributed by atoms with E-state index in [-0.39, 0.29) is 189 Å². The van der Waals surface area contributed by atoms with Crippen molar-refractivity contribution < 1.29 is 178 Å². The summed E-state index contributed by atoms with van der Waals surface area (Å²) in [6, 6.07) is 30.9. The first-order valence-corrected chi connectivity index (χ1v) is 51.5. The lowest BCUT2D eigenvalue weighted by atomic mass is 10.0. The van der Waals surface area contributed by atoms with E-state index in [1.807, 2.05) is 0 Å². The van der Waals surface area contributed by atoms with E-state index < -0.39 is 101 Å². The SMILES string of the molecule is COc1cc(OC)c(/C=C/S(=O)(=O)Cc2ccc(OC)c(CC(=O)CCCNC(=O)CCCC(=O)ON3C(=O)CCC3=O)c2)c(OC)c1.COc1cc(OC)c(/C=C/S(=O)(=O)Cc2ccc(OC)c(CC(=O)OCCNC(=O)CCCC(=O)ON3C(=O)CCC3=O)c2)c(OC)c1.COc1cc(OC)c(/C=C/S(=O)(=O)Cc2ccc(OC)c(CC(=O)OCc3ccc(CC(=O)CCCC(=O)ON4C(=O)CCC4=O)cc3)c2)c(OC)c1. The van der Waals surface area contributed by atoms with Gasteiger partial charge in [-0.15, -0.1) is 15.2 Å². The monoisotopic (exact) mass is 2130 g/mol. The van der Waals surface area contributed by atoms with E-state index in [1.54, 1.807) is 115 Å². The summed E-state index contributed by atoms with van der Waals surface area (Å²) >= 11 is 0. The molecule has 0 spiro atoms. The zero-order valence-corrected chi connectivity index (χ0v) is 86.8. The number of sulfone groups is 3. The number of ether oxygens (including phenoxy) is 14. The summed E-state index contributed by atoms with van der Waals surface area (Å²) in [5.74, 6) is -4.11. The maximum Gasteiger partial charge on any atom is 0.333 e. The predicted octanol–water partition coefficient (Wildman–Crippen LogP) is 9.86. The highest BCUT2D eigenvalue weighted by Gasteiger charge is 2.36. The van der Waals surface area contributed by atoms with Gasteiger partial charge in [0.1, 0.15) is 93.8 Å². The number of hydroxylamine groups is 6. The van der Waals surface area contributed by atoms with Crippen molar-refractivity contribution in [2.75, 3.05) is 105 Å². The number of Topliss-reactive ketones (excluding diaryl/α,β-unsaturated/α-hetero) is 2. The van der Waals surface area contributed by atoms with E-state index in [9.17, 15) is 97.2 Å². The lowest BCUT2D eigenvalue weighted by Crippen LogP contribution is -2.32. The highest BCUT2D eigenvalue weighted by Crippen LogP contribution is 2.40. The van der Waals surface area contributed by atoms with Crippen LogP contribution in [0.25, 0.3) is 18.2 Å². The molecule has 3 aliphatic heterocycles. The van der Waals surface area contributed by atoms with Gasteiger partial charge in [-0.1, -0.05) is 60.7 Å². The fraction of sp³-hybridized carbons (Fsp3) is 0.388. The number of nitrogens with zero attached hydrogens (tertiary/aromatic N) is 3. The summed E-state index contributed by atoms with van der Waals surface area (Å²) in [6.07, 6.45) is 4.57. The third-order valence-corrected chi connectivity index (χ3v) is 26.1. The normalized spacial score (nSPS) is 13.0. The first-order chi connectivity index (χ1) is 71.1. The quantitative estimate of drug-likeness (QED) is 0.0203. The van der Waals surface area contributed by atoms with E-state index in [0.29, 0.717) is 146 Å². The molecule has 46 heteroatoms. The van der Waals surface area contributed by atoms with Crippen molar-refractivity contribution >= 4 is 136 Å². The minimum Gasteiger partial charge on any atom is -0.496 e. The lowest BCUT2D eigenvalue weighted by Gasteiger charge is -2.13. The molecule has 0 radical (unpaired) electrons. The minimum atomic E-state index is -3.79. The average molecular weight is 2130 g/mol. The molecule has 0 atom stereocenters. The van der Waals surface area contributed by atoms with Crippen LogP contribution in [0, 0.1) is 0 Å². The van der Waals surface area contributed by atoms with Crippen LogP contribution in [0.15, 0.2) is 131 Å². The third kappa shape index (κ3) is 38.2. The number of esters is 2. The Morgan fingerprint density at radius 2 is 0.564 bits per heavy atom. The van der Waals surface area contributed by atoms with Gasteiger partial charge in [0, 0.05) is 172 Å². The molecule has 7 aromatic rings. The van der Waals surface area contributed by atoms with Crippen molar-refractivity contribution in [3.05, 3.63) is 193 Å².